The van der Waals surface area contributed by atoms with Gasteiger partial charge in [0.15, 0.2) is 30.4 Å². The molecule has 3 saturated carbocycles. The van der Waals surface area contributed by atoms with E-state index in [1.54, 1.807) is 0 Å². The van der Waals surface area contributed by atoms with Gasteiger partial charge >= 0.3 is 23.9 Å². The van der Waals surface area contributed by atoms with Gasteiger partial charge in [0, 0.05) is 33.1 Å². The molecule has 0 amide bonds. The molecule has 4 aliphatic carbocycles. The second kappa shape index (κ2) is 26.6. The maximum atomic E-state index is 14.5. The number of allylic oxidation sites excluding steroid dienone is 1. The zero-order chi connectivity index (χ0) is 49.6. The van der Waals surface area contributed by atoms with Gasteiger partial charge < -0.3 is 28.4 Å². The second-order valence-corrected chi connectivity index (χ2v) is 22.9. The predicted octanol–water partition coefficient (Wildman–Crippen LogP) is 12.8. The fourth-order valence-corrected chi connectivity index (χ4v) is 14.0. The zero-order valence-electron chi connectivity index (χ0n) is 44.3. The minimum atomic E-state index is -1.30. The lowest BCUT2D eigenvalue weighted by Crippen LogP contribution is -2.63. The topological polar surface area (TPSA) is 141 Å². The molecular weight excluding hydrogens is 861 g/mol. The summed E-state index contributed by atoms with van der Waals surface area (Å²) in [6.07, 6.45) is 21.5. The van der Waals surface area contributed by atoms with Crippen molar-refractivity contribution in [1.82, 2.24) is 0 Å². The Hall–Kier alpha value is -2.79. The van der Waals surface area contributed by atoms with E-state index in [4.69, 9.17) is 28.4 Å². The summed E-state index contributed by atoms with van der Waals surface area (Å²) in [6, 6.07) is 0. The van der Waals surface area contributed by atoms with Crippen molar-refractivity contribution in [3.8, 4) is 0 Å². The van der Waals surface area contributed by atoms with E-state index in [2.05, 4.69) is 48.5 Å². The van der Waals surface area contributed by atoms with Crippen molar-refractivity contribution in [2.24, 2.45) is 52.3 Å². The van der Waals surface area contributed by atoms with Crippen molar-refractivity contribution >= 4 is 29.7 Å². The molecule has 1 saturated heterocycles. The molecule has 4 fully saturated rings. The number of hydrogen-bond donors (Lipinski definition) is 0. The third-order valence-electron chi connectivity index (χ3n) is 17.8. The maximum Gasteiger partial charge on any atom is 0.305 e. The molecule has 1 heterocycles. The summed E-state index contributed by atoms with van der Waals surface area (Å²) in [4.78, 5) is 65.3. The van der Waals surface area contributed by atoms with Crippen LogP contribution in [0.3, 0.4) is 0 Å². The third-order valence-corrected chi connectivity index (χ3v) is 17.8. The summed E-state index contributed by atoms with van der Waals surface area (Å²) in [5.41, 5.74) is 1.11. The van der Waals surface area contributed by atoms with Crippen LogP contribution in [0.25, 0.3) is 0 Å². The van der Waals surface area contributed by atoms with Crippen molar-refractivity contribution < 1.29 is 52.4 Å². The fourth-order valence-electron chi connectivity index (χ4n) is 14.0. The molecule has 0 bridgehead atoms. The lowest BCUT2D eigenvalue weighted by Gasteiger charge is -2.58. The Labute approximate surface area is 411 Å². The van der Waals surface area contributed by atoms with Gasteiger partial charge in [-0.25, -0.2) is 0 Å². The van der Waals surface area contributed by atoms with E-state index in [9.17, 15) is 24.0 Å². The van der Waals surface area contributed by atoms with E-state index in [0.29, 0.717) is 42.9 Å². The van der Waals surface area contributed by atoms with Crippen LogP contribution in [0.15, 0.2) is 11.6 Å². The molecule has 5 rings (SSSR count). The number of hydrogen-bond acceptors (Lipinski definition) is 11. The number of ketones is 1. The SMILES string of the molecule is CCCCCCCCCCCCCCCC(=O)OC[C@H]1O[C@@H](O[C@H]2CC[C@@]3(C)C(=CC(=O)[C@H]4[C@@H]5CC[C@H]([C@H](C)CCC(CC)C(C)C)[C@@]5(C)CC[C@@H]43)C2)[C@H](OC(C)=O)[C@@H](OC(C)=O)[C@@H]1OC(C)=O. The number of esters is 4. The maximum absolute atomic E-state index is 14.5. The highest BCUT2D eigenvalue weighted by molar-refractivity contribution is 5.94. The first kappa shape index (κ1) is 56.1. The molecule has 1 unspecified atom stereocenters. The van der Waals surface area contributed by atoms with Crippen molar-refractivity contribution in [2.75, 3.05) is 6.61 Å². The van der Waals surface area contributed by atoms with E-state index < -0.39 is 60.7 Å². The second-order valence-electron chi connectivity index (χ2n) is 22.9. The lowest BCUT2D eigenvalue weighted by molar-refractivity contribution is -0.318. The molecule has 68 heavy (non-hydrogen) atoms. The first-order chi connectivity index (χ1) is 32.4. The minimum Gasteiger partial charge on any atom is -0.463 e. The van der Waals surface area contributed by atoms with Gasteiger partial charge in [-0.1, -0.05) is 144 Å². The highest BCUT2D eigenvalue weighted by Crippen LogP contribution is 2.67. The number of fused-ring (bicyclic) bond motifs is 5. The molecular formula is C57H94O11. The molecule has 0 aromatic heterocycles. The van der Waals surface area contributed by atoms with Gasteiger partial charge in [0.1, 0.15) is 12.7 Å². The van der Waals surface area contributed by atoms with Crippen LogP contribution in [0.5, 0.6) is 0 Å². The highest BCUT2D eigenvalue weighted by atomic mass is 16.7. The van der Waals surface area contributed by atoms with E-state index in [1.165, 1.54) is 104 Å². The average molecular weight is 955 g/mol. The molecule has 0 N–H and O–H groups in total. The van der Waals surface area contributed by atoms with E-state index in [-0.39, 0.29) is 41.5 Å². The van der Waals surface area contributed by atoms with Gasteiger partial charge in [0.2, 0.25) is 0 Å². The summed E-state index contributed by atoms with van der Waals surface area (Å²) < 4.78 is 36.2. The molecule has 388 valence electrons. The van der Waals surface area contributed by atoms with Crippen LogP contribution in [0.2, 0.25) is 0 Å². The third kappa shape index (κ3) is 14.7. The summed E-state index contributed by atoms with van der Waals surface area (Å²) in [6.45, 7) is 20.0. The Morgan fingerprint density at radius 1 is 0.706 bits per heavy atom. The standard InChI is InChI=1S/C57H94O11/c1-11-13-14-15-16-17-18-19-20-21-22-23-24-25-50(62)63-36-49-52(64-39(6)58)53(65-40(7)59)54(66-41(8)60)55(68-49)67-44-30-32-56(9)43(34-44)35-48(61)51-46-29-28-45(57(46,10)33-31-47(51)56)38(5)26-27-42(12-2)37(3)4/h35,37-38,42,44-47,49,51-55H,11-34,36H2,1-10H3/t38-,42?,44+,45-,46+,47+,49-,51+,52-,53+,54-,55-,56+,57-/m1/s1. The first-order valence-corrected chi connectivity index (χ1v) is 27.7. The summed E-state index contributed by atoms with van der Waals surface area (Å²) in [5, 5.41) is 0. The van der Waals surface area contributed by atoms with Gasteiger partial charge in [-0.15, -0.1) is 0 Å². The lowest BCUT2D eigenvalue weighted by atomic mass is 9.46. The smallest absolute Gasteiger partial charge is 0.305 e. The Bertz CT molecular complexity index is 1670. The van der Waals surface area contributed by atoms with Crippen molar-refractivity contribution in [2.45, 2.75) is 260 Å². The van der Waals surface area contributed by atoms with Gasteiger partial charge in [-0.05, 0) is 110 Å². The van der Waals surface area contributed by atoms with Crippen molar-refractivity contribution in [3.05, 3.63) is 11.6 Å². The van der Waals surface area contributed by atoms with Gasteiger partial charge in [0.25, 0.3) is 0 Å². The minimum absolute atomic E-state index is 0.0296. The Morgan fingerprint density at radius 2 is 1.29 bits per heavy atom. The van der Waals surface area contributed by atoms with Gasteiger partial charge in [-0.2, -0.15) is 0 Å². The first-order valence-electron chi connectivity index (χ1n) is 27.7. The van der Waals surface area contributed by atoms with Gasteiger partial charge in [-0.3, -0.25) is 24.0 Å². The summed E-state index contributed by atoms with van der Waals surface area (Å²) >= 11 is 0. The molecule has 0 aromatic carbocycles. The molecule has 11 nitrogen and oxygen atoms in total. The molecule has 0 aromatic rings. The molecule has 5 aliphatic rings. The van der Waals surface area contributed by atoms with E-state index >= 15 is 0 Å². The molecule has 1 aliphatic heterocycles. The van der Waals surface area contributed by atoms with Crippen LogP contribution in [0, 0.1) is 52.3 Å². The number of carbonyl (C=O) groups excluding carboxylic acids is 5. The quantitative estimate of drug-likeness (QED) is 0.0441. The average Bonchev–Trinajstić information content (AvgIpc) is 3.63. The predicted molar refractivity (Wildman–Crippen MR) is 264 cm³/mol. The van der Waals surface area contributed by atoms with E-state index in [1.807, 2.05) is 6.08 Å². The van der Waals surface area contributed by atoms with Crippen LogP contribution in [-0.2, 0) is 52.4 Å². The Morgan fingerprint density at radius 3 is 1.88 bits per heavy atom. The number of ether oxygens (including phenoxy) is 6. The largest absolute Gasteiger partial charge is 0.463 e. The van der Waals surface area contributed by atoms with Crippen LogP contribution in [-0.4, -0.2) is 73.1 Å². The summed E-state index contributed by atoms with van der Waals surface area (Å²) in [5.74, 6) is 1.28. The number of rotatable bonds is 27. The summed E-state index contributed by atoms with van der Waals surface area (Å²) in [7, 11) is 0. The van der Waals surface area contributed by atoms with Crippen molar-refractivity contribution in [1.29, 1.82) is 0 Å². The normalized spacial score (nSPS) is 33.1. The highest BCUT2D eigenvalue weighted by Gasteiger charge is 2.62. The van der Waals surface area contributed by atoms with Crippen LogP contribution >= 0.6 is 0 Å². The molecule has 0 spiro atoms. The van der Waals surface area contributed by atoms with Crippen LogP contribution in [0.1, 0.15) is 223 Å². The van der Waals surface area contributed by atoms with Gasteiger partial charge in [0.05, 0.1) is 6.10 Å². The van der Waals surface area contributed by atoms with Crippen LogP contribution < -0.4 is 0 Å². The Kier molecular flexibility index (Phi) is 22.0. The molecule has 0 radical (unpaired) electrons. The molecule has 11 heteroatoms. The van der Waals surface area contributed by atoms with Crippen molar-refractivity contribution in [3.63, 3.8) is 0 Å². The fraction of sp³-hybridized carbons (Fsp3) is 0.877. The Balaban J connectivity index is 1.22. The van der Waals surface area contributed by atoms with Crippen LogP contribution in [0.4, 0.5) is 0 Å². The number of carbonyl (C=O) groups is 5. The number of unbranched alkanes of at least 4 members (excludes halogenated alkanes) is 12. The monoisotopic (exact) mass is 955 g/mol. The van der Waals surface area contributed by atoms with E-state index in [0.717, 1.165) is 56.4 Å². The molecule has 14 atom stereocenters. The zero-order valence-corrected chi connectivity index (χ0v) is 44.3.